The van der Waals surface area contributed by atoms with Gasteiger partial charge in [0.1, 0.15) is 11.2 Å². The number of benzene rings is 1. The molecule has 2 aromatic rings. The number of fused-ring (bicyclic) bond motifs is 3. The number of carbonyl (C=O) groups excluding carboxylic acids is 1. The van der Waals surface area contributed by atoms with Gasteiger partial charge in [0.05, 0.1) is 5.56 Å². The summed E-state index contributed by atoms with van der Waals surface area (Å²) in [5.41, 5.74) is 4.78. The van der Waals surface area contributed by atoms with Crippen LogP contribution in [0.4, 0.5) is 10.7 Å². The molecule has 1 aliphatic heterocycles. The van der Waals surface area contributed by atoms with Crippen molar-refractivity contribution in [2.45, 2.75) is 52.6 Å². The molecule has 4 nitrogen and oxygen atoms in total. The van der Waals surface area contributed by atoms with Crippen molar-refractivity contribution >= 4 is 27.9 Å². The Balaban J connectivity index is 1.59. The average Bonchev–Trinajstić information content (AvgIpc) is 3.06. The molecule has 0 radical (unpaired) electrons. The molecule has 1 amide bonds. The maximum atomic E-state index is 13.0. The molecular weight excluding hydrogens is 366 g/mol. The van der Waals surface area contributed by atoms with Crippen molar-refractivity contribution in [2.24, 2.45) is 11.3 Å². The first-order chi connectivity index (χ1) is 13.3. The third kappa shape index (κ3) is 3.30. The van der Waals surface area contributed by atoms with E-state index in [4.69, 9.17) is 0 Å². The van der Waals surface area contributed by atoms with E-state index in [0.717, 1.165) is 34.7 Å². The van der Waals surface area contributed by atoms with Crippen LogP contribution in [0.25, 0.3) is 0 Å². The first-order valence-electron chi connectivity index (χ1n) is 10.3. The van der Waals surface area contributed by atoms with Crippen LogP contribution in [0.3, 0.4) is 0 Å². The first-order valence-corrected chi connectivity index (χ1v) is 11.1. The van der Waals surface area contributed by atoms with Gasteiger partial charge in [-0.3, -0.25) is 4.79 Å². The number of nitrogens with one attached hydrogen (secondary N) is 2. The zero-order chi connectivity index (χ0) is 20.1. The summed E-state index contributed by atoms with van der Waals surface area (Å²) in [6.07, 6.45) is 4.33. The van der Waals surface area contributed by atoms with E-state index >= 15 is 0 Å². The summed E-state index contributed by atoms with van der Waals surface area (Å²) in [5, 5.41) is 7.81. The Bertz CT molecular complexity index is 882. The molecule has 28 heavy (non-hydrogen) atoms. The highest BCUT2D eigenvalue weighted by atomic mass is 32.1. The molecule has 2 atom stereocenters. The Morgan fingerprint density at radius 2 is 1.89 bits per heavy atom. The summed E-state index contributed by atoms with van der Waals surface area (Å²) in [6.45, 7) is 7.05. The number of thiophene rings is 1. The number of hydrogen-bond donors (Lipinski definition) is 2. The van der Waals surface area contributed by atoms with E-state index in [2.05, 4.69) is 60.6 Å². The fourth-order valence-corrected chi connectivity index (χ4v) is 5.74. The first kappa shape index (κ1) is 19.3. The molecule has 1 aliphatic carbocycles. The van der Waals surface area contributed by atoms with Gasteiger partial charge in [0.15, 0.2) is 0 Å². The molecule has 0 fully saturated rings. The summed E-state index contributed by atoms with van der Waals surface area (Å²) in [6, 6.07) is 8.36. The van der Waals surface area contributed by atoms with Gasteiger partial charge in [0, 0.05) is 24.7 Å². The molecule has 150 valence electrons. The summed E-state index contributed by atoms with van der Waals surface area (Å²) < 4.78 is 0. The van der Waals surface area contributed by atoms with Gasteiger partial charge in [-0.15, -0.1) is 11.3 Å². The quantitative estimate of drug-likeness (QED) is 0.744. The lowest BCUT2D eigenvalue weighted by molar-refractivity contribution is 0.0934. The standard InChI is InChI=1S/C23H31N3OS/c1-6-23(2,3)15-9-12-17-18(13-15)28-22-19(17)21(27)24-20(25-22)14-7-10-16(11-8-14)26(4)5/h7-8,10-11,15,20,25H,6,9,12-13H2,1-5H3,(H,24,27)/t15-,20+/m0/s1. The Morgan fingerprint density at radius 3 is 2.54 bits per heavy atom. The third-order valence-corrected chi connectivity index (χ3v) is 7.99. The molecule has 2 aliphatic rings. The molecule has 2 N–H and O–H groups in total. The molecule has 0 bridgehead atoms. The maximum Gasteiger partial charge on any atom is 0.256 e. The predicted octanol–water partition coefficient (Wildman–Crippen LogP) is 5.21. The highest BCUT2D eigenvalue weighted by Crippen LogP contribution is 2.46. The second kappa shape index (κ2) is 7.11. The van der Waals surface area contributed by atoms with Crippen LogP contribution in [0.5, 0.6) is 0 Å². The third-order valence-electron chi connectivity index (χ3n) is 6.80. The van der Waals surface area contributed by atoms with Gasteiger partial charge in [-0.05, 0) is 53.9 Å². The number of anilines is 2. The lowest BCUT2D eigenvalue weighted by atomic mass is 9.69. The number of nitrogens with zero attached hydrogens (tertiary/aromatic N) is 1. The second-order valence-electron chi connectivity index (χ2n) is 9.03. The monoisotopic (exact) mass is 397 g/mol. The molecule has 2 heterocycles. The van der Waals surface area contributed by atoms with E-state index in [1.54, 1.807) is 11.3 Å². The van der Waals surface area contributed by atoms with Crippen LogP contribution in [0.1, 0.15) is 66.1 Å². The van der Waals surface area contributed by atoms with E-state index in [1.165, 1.54) is 23.3 Å². The van der Waals surface area contributed by atoms with Crippen LogP contribution >= 0.6 is 11.3 Å². The Kier molecular flexibility index (Phi) is 4.90. The molecule has 0 saturated carbocycles. The van der Waals surface area contributed by atoms with Crippen LogP contribution in [0, 0.1) is 11.3 Å². The van der Waals surface area contributed by atoms with Gasteiger partial charge in [-0.1, -0.05) is 39.3 Å². The number of amides is 1. The smallest absolute Gasteiger partial charge is 0.256 e. The van der Waals surface area contributed by atoms with E-state index in [-0.39, 0.29) is 12.1 Å². The molecule has 1 aromatic carbocycles. The summed E-state index contributed by atoms with van der Waals surface area (Å²) in [5.74, 6) is 0.767. The van der Waals surface area contributed by atoms with Crippen molar-refractivity contribution in [3.8, 4) is 0 Å². The van der Waals surface area contributed by atoms with Gasteiger partial charge in [-0.2, -0.15) is 0 Å². The highest BCUT2D eigenvalue weighted by molar-refractivity contribution is 7.16. The molecule has 0 spiro atoms. The lowest BCUT2D eigenvalue weighted by Gasteiger charge is -2.36. The molecule has 5 heteroatoms. The summed E-state index contributed by atoms with van der Waals surface area (Å²) >= 11 is 1.80. The van der Waals surface area contributed by atoms with Gasteiger partial charge >= 0.3 is 0 Å². The Labute approximate surface area is 172 Å². The maximum absolute atomic E-state index is 13.0. The second-order valence-corrected chi connectivity index (χ2v) is 10.1. The number of rotatable bonds is 4. The van der Waals surface area contributed by atoms with Crippen molar-refractivity contribution in [3.05, 3.63) is 45.8 Å². The van der Waals surface area contributed by atoms with Crippen molar-refractivity contribution in [1.82, 2.24) is 5.32 Å². The minimum absolute atomic E-state index is 0.0705. The van der Waals surface area contributed by atoms with Crippen LogP contribution in [0.15, 0.2) is 24.3 Å². The van der Waals surface area contributed by atoms with Crippen molar-refractivity contribution < 1.29 is 4.79 Å². The predicted molar refractivity (Wildman–Crippen MR) is 119 cm³/mol. The van der Waals surface area contributed by atoms with Crippen LogP contribution in [-0.4, -0.2) is 20.0 Å². The Hall–Kier alpha value is -2.01. The van der Waals surface area contributed by atoms with Crippen molar-refractivity contribution in [2.75, 3.05) is 24.3 Å². The minimum Gasteiger partial charge on any atom is -0.378 e. The molecular formula is C23H31N3OS. The normalized spacial score (nSPS) is 21.4. The van der Waals surface area contributed by atoms with Crippen LogP contribution in [-0.2, 0) is 12.8 Å². The summed E-state index contributed by atoms with van der Waals surface area (Å²) in [4.78, 5) is 16.5. The summed E-state index contributed by atoms with van der Waals surface area (Å²) in [7, 11) is 4.07. The Morgan fingerprint density at radius 1 is 1.18 bits per heavy atom. The zero-order valence-electron chi connectivity index (χ0n) is 17.6. The van der Waals surface area contributed by atoms with Crippen molar-refractivity contribution in [3.63, 3.8) is 0 Å². The average molecular weight is 398 g/mol. The molecule has 1 aromatic heterocycles. The topological polar surface area (TPSA) is 44.4 Å². The van der Waals surface area contributed by atoms with Gasteiger partial charge in [0.25, 0.3) is 5.91 Å². The van der Waals surface area contributed by atoms with Gasteiger partial charge in [0.2, 0.25) is 0 Å². The van der Waals surface area contributed by atoms with Gasteiger partial charge in [-0.25, -0.2) is 0 Å². The SMILES string of the molecule is CCC(C)(C)[C@H]1CCc2c(sc3c2C(=O)N[C@@H](c2ccc(N(C)C)cc2)N3)C1. The fourth-order valence-electron chi connectivity index (χ4n) is 4.39. The van der Waals surface area contributed by atoms with E-state index in [0.29, 0.717) is 11.3 Å². The fraction of sp³-hybridized carbons (Fsp3) is 0.522. The minimum atomic E-state index is -0.167. The highest BCUT2D eigenvalue weighted by Gasteiger charge is 2.37. The molecule has 4 rings (SSSR count). The van der Waals surface area contributed by atoms with Crippen molar-refractivity contribution in [1.29, 1.82) is 0 Å². The zero-order valence-corrected chi connectivity index (χ0v) is 18.4. The van der Waals surface area contributed by atoms with E-state index in [1.807, 2.05) is 14.1 Å². The largest absolute Gasteiger partial charge is 0.378 e. The number of carbonyl (C=O) groups is 1. The molecule has 0 saturated heterocycles. The van der Waals surface area contributed by atoms with Crippen LogP contribution in [0.2, 0.25) is 0 Å². The van der Waals surface area contributed by atoms with Gasteiger partial charge < -0.3 is 15.5 Å². The van der Waals surface area contributed by atoms with E-state index in [9.17, 15) is 4.79 Å². The van der Waals surface area contributed by atoms with E-state index < -0.39 is 0 Å². The lowest BCUT2D eigenvalue weighted by Crippen LogP contribution is -2.38. The number of hydrogen-bond acceptors (Lipinski definition) is 4. The molecule has 0 unspecified atom stereocenters. The van der Waals surface area contributed by atoms with Crippen LogP contribution < -0.4 is 15.5 Å².